The quantitative estimate of drug-likeness (QED) is 0.661. The van der Waals surface area contributed by atoms with E-state index in [2.05, 4.69) is 36.2 Å². The second-order valence-corrected chi connectivity index (χ2v) is 5.59. The maximum Gasteiger partial charge on any atom is 0.121 e. The van der Waals surface area contributed by atoms with Gasteiger partial charge in [0.05, 0.1) is 0 Å². The Balaban J connectivity index is 2.19. The van der Waals surface area contributed by atoms with E-state index < -0.39 is 0 Å². The summed E-state index contributed by atoms with van der Waals surface area (Å²) >= 11 is 0. The number of ether oxygens (including phenoxy) is 1. The standard InChI is InChI=1S/C17H30N2O/c1-5-6-7-9-15(2)18-12-13-20-17-11-8-10-16(14-17)19(3)4/h8,10-11,14-15,18H,5-7,9,12-13H2,1-4H3. The summed E-state index contributed by atoms with van der Waals surface area (Å²) in [4.78, 5) is 2.08. The van der Waals surface area contributed by atoms with Crippen molar-refractivity contribution >= 4 is 5.69 Å². The summed E-state index contributed by atoms with van der Waals surface area (Å²) in [5, 5.41) is 3.51. The van der Waals surface area contributed by atoms with Crippen LogP contribution in [0.3, 0.4) is 0 Å². The van der Waals surface area contributed by atoms with E-state index in [1.165, 1.54) is 31.4 Å². The summed E-state index contributed by atoms with van der Waals surface area (Å²) in [5.74, 6) is 0.941. The predicted octanol–water partition coefficient (Wildman–Crippen LogP) is 3.69. The van der Waals surface area contributed by atoms with E-state index in [1.54, 1.807) is 0 Å². The van der Waals surface area contributed by atoms with Crippen molar-refractivity contribution in [1.82, 2.24) is 5.32 Å². The average molecular weight is 278 g/mol. The topological polar surface area (TPSA) is 24.5 Å². The Hall–Kier alpha value is -1.22. The van der Waals surface area contributed by atoms with Crippen molar-refractivity contribution in [1.29, 1.82) is 0 Å². The number of nitrogens with zero attached hydrogens (tertiary/aromatic N) is 1. The first-order valence-electron chi connectivity index (χ1n) is 7.77. The Morgan fingerprint density at radius 2 is 2.05 bits per heavy atom. The zero-order valence-electron chi connectivity index (χ0n) is 13.5. The second kappa shape index (κ2) is 9.65. The van der Waals surface area contributed by atoms with Gasteiger partial charge < -0.3 is 15.0 Å². The van der Waals surface area contributed by atoms with Crippen molar-refractivity contribution in [2.45, 2.75) is 45.6 Å². The van der Waals surface area contributed by atoms with Gasteiger partial charge >= 0.3 is 0 Å². The molecule has 0 radical (unpaired) electrons. The molecule has 0 aliphatic heterocycles. The van der Waals surface area contributed by atoms with Gasteiger partial charge in [0, 0.05) is 38.4 Å². The Labute approximate surface area is 124 Å². The monoisotopic (exact) mass is 278 g/mol. The highest BCUT2D eigenvalue weighted by Gasteiger charge is 2.01. The minimum atomic E-state index is 0.582. The molecule has 0 aromatic heterocycles. The van der Waals surface area contributed by atoms with Crippen molar-refractivity contribution < 1.29 is 4.74 Å². The molecular weight excluding hydrogens is 248 g/mol. The molecule has 3 heteroatoms. The lowest BCUT2D eigenvalue weighted by atomic mass is 10.1. The Bertz CT molecular complexity index is 366. The SMILES string of the molecule is CCCCCC(C)NCCOc1cccc(N(C)C)c1. The number of anilines is 1. The minimum Gasteiger partial charge on any atom is -0.492 e. The van der Waals surface area contributed by atoms with Gasteiger partial charge in [-0.2, -0.15) is 0 Å². The molecule has 1 atom stereocenters. The molecule has 1 aromatic carbocycles. The lowest BCUT2D eigenvalue weighted by Gasteiger charge is -2.16. The van der Waals surface area contributed by atoms with Gasteiger partial charge in [0.25, 0.3) is 0 Å². The summed E-state index contributed by atoms with van der Waals surface area (Å²) in [5.41, 5.74) is 1.17. The van der Waals surface area contributed by atoms with Crippen LogP contribution in [0.4, 0.5) is 5.69 Å². The van der Waals surface area contributed by atoms with E-state index in [0.717, 1.165) is 18.9 Å². The van der Waals surface area contributed by atoms with Gasteiger partial charge in [-0.15, -0.1) is 0 Å². The number of hydrogen-bond acceptors (Lipinski definition) is 3. The average Bonchev–Trinajstić information content (AvgIpc) is 2.44. The van der Waals surface area contributed by atoms with Crippen LogP contribution in [0.2, 0.25) is 0 Å². The Morgan fingerprint density at radius 3 is 2.75 bits per heavy atom. The summed E-state index contributed by atoms with van der Waals surface area (Å²) < 4.78 is 5.78. The summed E-state index contributed by atoms with van der Waals surface area (Å²) in [7, 11) is 4.08. The van der Waals surface area contributed by atoms with Crippen molar-refractivity contribution in [3.8, 4) is 5.75 Å². The van der Waals surface area contributed by atoms with E-state index in [9.17, 15) is 0 Å². The van der Waals surface area contributed by atoms with Crippen molar-refractivity contribution in [3.63, 3.8) is 0 Å². The van der Waals surface area contributed by atoms with E-state index >= 15 is 0 Å². The fourth-order valence-electron chi connectivity index (χ4n) is 2.13. The zero-order valence-corrected chi connectivity index (χ0v) is 13.5. The first kappa shape index (κ1) is 16.8. The summed E-state index contributed by atoms with van der Waals surface area (Å²) in [6, 6.07) is 8.78. The third-order valence-corrected chi connectivity index (χ3v) is 3.44. The Morgan fingerprint density at radius 1 is 1.25 bits per heavy atom. The Kier molecular flexibility index (Phi) is 8.12. The van der Waals surface area contributed by atoms with Gasteiger partial charge in [-0.3, -0.25) is 0 Å². The molecule has 3 nitrogen and oxygen atoms in total. The normalized spacial score (nSPS) is 12.2. The molecule has 114 valence electrons. The molecule has 0 saturated carbocycles. The summed E-state index contributed by atoms with van der Waals surface area (Å²) in [6.07, 6.45) is 5.19. The van der Waals surface area contributed by atoms with Crippen molar-refractivity contribution in [2.24, 2.45) is 0 Å². The first-order valence-corrected chi connectivity index (χ1v) is 7.77. The fraction of sp³-hybridized carbons (Fsp3) is 0.647. The largest absolute Gasteiger partial charge is 0.492 e. The van der Waals surface area contributed by atoms with Crippen LogP contribution in [0, 0.1) is 0 Å². The highest BCUT2D eigenvalue weighted by molar-refractivity contribution is 5.49. The number of rotatable bonds is 10. The van der Waals surface area contributed by atoms with Gasteiger partial charge in [0.1, 0.15) is 12.4 Å². The molecular formula is C17H30N2O. The molecule has 0 aliphatic carbocycles. The predicted molar refractivity (Wildman–Crippen MR) is 87.9 cm³/mol. The van der Waals surface area contributed by atoms with Crippen LogP contribution in [0.5, 0.6) is 5.75 Å². The number of nitrogens with one attached hydrogen (secondary N) is 1. The van der Waals surface area contributed by atoms with E-state index in [-0.39, 0.29) is 0 Å². The van der Waals surface area contributed by atoms with E-state index in [4.69, 9.17) is 4.74 Å². The van der Waals surface area contributed by atoms with E-state index in [1.807, 2.05) is 26.2 Å². The molecule has 0 amide bonds. The molecule has 0 heterocycles. The molecule has 1 rings (SSSR count). The maximum absolute atomic E-state index is 5.78. The highest BCUT2D eigenvalue weighted by Crippen LogP contribution is 2.18. The molecule has 0 aliphatic rings. The number of benzene rings is 1. The van der Waals surface area contributed by atoms with Crippen LogP contribution >= 0.6 is 0 Å². The van der Waals surface area contributed by atoms with Gasteiger partial charge in [-0.05, 0) is 25.5 Å². The van der Waals surface area contributed by atoms with Crippen LogP contribution in [0.25, 0.3) is 0 Å². The third kappa shape index (κ3) is 6.80. The maximum atomic E-state index is 5.78. The minimum absolute atomic E-state index is 0.582. The van der Waals surface area contributed by atoms with Crippen LogP contribution in [0.15, 0.2) is 24.3 Å². The third-order valence-electron chi connectivity index (χ3n) is 3.44. The smallest absolute Gasteiger partial charge is 0.121 e. The second-order valence-electron chi connectivity index (χ2n) is 5.59. The van der Waals surface area contributed by atoms with Crippen LogP contribution in [0.1, 0.15) is 39.5 Å². The molecule has 0 bridgehead atoms. The molecule has 1 N–H and O–H groups in total. The van der Waals surface area contributed by atoms with Gasteiger partial charge in [0.2, 0.25) is 0 Å². The molecule has 1 unspecified atom stereocenters. The van der Waals surface area contributed by atoms with Crippen LogP contribution in [-0.4, -0.2) is 33.3 Å². The first-order chi connectivity index (χ1) is 9.63. The fourth-order valence-corrected chi connectivity index (χ4v) is 2.13. The molecule has 0 spiro atoms. The van der Waals surface area contributed by atoms with Gasteiger partial charge in [-0.1, -0.05) is 32.3 Å². The molecule has 0 saturated heterocycles. The van der Waals surface area contributed by atoms with Gasteiger partial charge in [0.15, 0.2) is 0 Å². The lowest BCUT2D eigenvalue weighted by Crippen LogP contribution is -2.30. The van der Waals surface area contributed by atoms with Gasteiger partial charge in [-0.25, -0.2) is 0 Å². The zero-order chi connectivity index (χ0) is 14.8. The lowest BCUT2D eigenvalue weighted by molar-refractivity contribution is 0.304. The van der Waals surface area contributed by atoms with Crippen molar-refractivity contribution in [2.75, 3.05) is 32.1 Å². The van der Waals surface area contributed by atoms with Crippen LogP contribution < -0.4 is 15.0 Å². The number of unbranched alkanes of at least 4 members (excludes halogenated alkanes) is 2. The molecule has 1 aromatic rings. The number of hydrogen-bond donors (Lipinski definition) is 1. The van der Waals surface area contributed by atoms with Crippen LogP contribution in [-0.2, 0) is 0 Å². The molecule has 0 fully saturated rings. The highest BCUT2D eigenvalue weighted by atomic mass is 16.5. The van der Waals surface area contributed by atoms with E-state index in [0.29, 0.717) is 6.04 Å². The molecule has 20 heavy (non-hydrogen) atoms. The van der Waals surface area contributed by atoms with Crippen molar-refractivity contribution in [3.05, 3.63) is 24.3 Å². The summed E-state index contributed by atoms with van der Waals surface area (Å²) in [6.45, 7) is 6.12.